The second-order valence-electron chi connectivity index (χ2n) is 24.4. The summed E-state index contributed by atoms with van der Waals surface area (Å²) in [5.41, 5.74) is 0. The molecule has 87 heavy (non-hydrogen) atoms. The maximum Gasteiger partial charge on any atom is 0.472 e. The van der Waals surface area contributed by atoms with E-state index in [1.165, 1.54) is 135 Å². The van der Waals surface area contributed by atoms with Gasteiger partial charge in [-0.2, -0.15) is 0 Å². The number of ether oxygens (including phenoxy) is 4. The van der Waals surface area contributed by atoms with Gasteiger partial charge in [-0.3, -0.25) is 37.3 Å². The Bertz CT molecular complexity index is 1780. The summed E-state index contributed by atoms with van der Waals surface area (Å²) in [5.74, 6) is -1.39. The zero-order valence-corrected chi connectivity index (χ0v) is 57.4. The van der Waals surface area contributed by atoms with Crippen molar-refractivity contribution < 1.29 is 80.2 Å². The molecule has 0 saturated heterocycles. The molecular formula is C68H128O17P2. The van der Waals surface area contributed by atoms with Crippen LogP contribution in [0.4, 0.5) is 0 Å². The third-order valence-electron chi connectivity index (χ3n) is 15.2. The third kappa shape index (κ3) is 62.1. The van der Waals surface area contributed by atoms with E-state index in [9.17, 15) is 43.2 Å². The Kier molecular flexibility index (Phi) is 59.3. The molecule has 2 unspecified atom stereocenters. The van der Waals surface area contributed by atoms with Crippen LogP contribution in [0.2, 0.25) is 0 Å². The molecule has 0 fully saturated rings. The van der Waals surface area contributed by atoms with Gasteiger partial charge in [0.2, 0.25) is 0 Å². The first kappa shape index (κ1) is 84.5. The highest BCUT2D eigenvalue weighted by atomic mass is 31.2. The Morgan fingerprint density at radius 1 is 0.356 bits per heavy atom. The van der Waals surface area contributed by atoms with E-state index in [2.05, 4.69) is 58.9 Å². The SMILES string of the molecule is CCCCCC/C=C\C=C/CCCCCCCC(=O)O[C@H](COC(=O)CCCCCCCCCCCCCC(C)C)COP(=O)(O)OC[C@@H](O)COP(=O)(O)OC[C@@H](COC(=O)CCCCCCCCCCC)OC(=O)CCCCCCCCCCC. The molecule has 0 bridgehead atoms. The van der Waals surface area contributed by atoms with Crippen LogP contribution in [0.5, 0.6) is 0 Å². The van der Waals surface area contributed by atoms with E-state index in [1.54, 1.807) is 0 Å². The number of hydrogen-bond donors (Lipinski definition) is 3. The fourth-order valence-electron chi connectivity index (χ4n) is 9.75. The molecule has 0 rings (SSSR count). The predicted molar refractivity (Wildman–Crippen MR) is 349 cm³/mol. The normalized spacial score (nSPS) is 14.3. The van der Waals surface area contributed by atoms with Crippen LogP contribution in [0.3, 0.4) is 0 Å². The molecule has 0 aliphatic carbocycles. The first-order valence-corrected chi connectivity index (χ1v) is 37.9. The number of carbonyl (C=O) groups is 4. The molecule has 0 saturated carbocycles. The van der Waals surface area contributed by atoms with Crippen molar-refractivity contribution in [3.05, 3.63) is 24.3 Å². The summed E-state index contributed by atoms with van der Waals surface area (Å²) in [4.78, 5) is 72.3. The van der Waals surface area contributed by atoms with Crippen molar-refractivity contribution >= 4 is 39.5 Å². The summed E-state index contributed by atoms with van der Waals surface area (Å²) in [7, 11) is -9.90. The van der Waals surface area contributed by atoms with Crippen molar-refractivity contribution in [1.82, 2.24) is 0 Å². The van der Waals surface area contributed by atoms with Gasteiger partial charge < -0.3 is 33.8 Å². The Balaban J connectivity index is 5.26. The van der Waals surface area contributed by atoms with Crippen molar-refractivity contribution in [2.75, 3.05) is 39.6 Å². The molecule has 0 aromatic carbocycles. The lowest BCUT2D eigenvalue weighted by molar-refractivity contribution is -0.161. The molecule has 0 radical (unpaired) electrons. The molecule has 0 aliphatic rings. The smallest absolute Gasteiger partial charge is 0.462 e. The number of phosphoric acid groups is 2. The zero-order valence-electron chi connectivity index (χ0n) is 55.6. The van der Waals surface area contributed by atoms with E-state index in [0.29, 0.717) is 25.7 Å². The largest absolute Gasteiger partial charge is 0.472 e. The molecule has 0 spiro atoms. The van der Waals surface area contributed by atoms with Crippen molar-refractivity contribution in [2.45, 2.75) is 342 Å². The molecule has 0 aromatic rings. The maximum atomic E-state index is 13.0. The van der Waals surface area contributed by atoms with Gasteiger partial charge in [-0.25, -0.2) is 9.13 Å². The number of esters is 4. The molecule has 0 heterocycles. The second-order valence-corrected chi connectivity index (χ2v) is 27.3. The summed E-state index contributed by atoms with van der Waals surface area (Å²) in [5, 5.41) is 10.6. The molecule has 3 N–H and O–H groups in total. The molecule has 512 valence electrons. The molecule has 19 heteroatoms. The summed E-state index contributed by atoms with van der Waals surface area (Å²) >= 11 is 0. The Labute approximate surface area is 529 Å². The maximum absolute atomic E-state index is 13.0. The predicted octanol–water partition coefficient (Wildman–Crippen LogP) is 18.9. The Morgan fingerprint density at radius 3 is 0.943 bits per heavy atom. The third-order valence-corrected chi connectivity index (χ3v) is 17.1. The minimum Gasteiger partial charge on any atom is -0.462 e. The van der Waals surface area contributed by atoms with Crippen LogP contribution >= 0.6 is 15.6 Å². The minimum absolute atomic E-state index is 0.0850. The van der Waals surface area contributed by atoms with Crippen molar-refractivity contribution in [1.29, 1.82) is 0 Å². The van der Waals surface area contributed by atoms with Crippen LogP contribution in [0.1, 0.15) is 324 Å². The van der Waals surface area contributed by atoms with Crippen LogP contribution in [0, 0.1) is 5.92 Å². The number of phosphoric ester groups is 2. The summed E-state index contributed by atoms with van der Waals surface area (Å²) in [6.45, 7) is 7.13. The summed E-state index contributed by atoms with van der Waals surface area (Å²) in [6, 6.07) is 0. The lowest BCUT2D eigenvalue weighted by Gasteiger charge is -2.21. The Hall–Kier alpha value is -2.46. The summed E-state index contributed by atoms with van der Waals surface area (Å²) < 4.78 is 68.1. The standard InChI is InChI=1S/C68H128O17P2/c1-6-9-12-15-18-21-22-23-24-25-28-34-39-44-49-54-68(73)85-64(58-79-66(71)52-47-42-37-33-29-26-27-32-35-40-45-50-61(4)5)60-83-87(76,77)81-56-62(69)55-80-86(74,75)82-59-63(84-67(72)53-48-43-38-31-20-17-14-11-8-3)57-78-65(70)51-46-41-36-30-19-16-13-10-7-2/h21-24,61-64,69H,6-20,25-60H2,1-5H3,(H,74,75)(H,76,77)/b22-21-,24-23-/t62-,63+,64+/m0/s1. The summed E-state index contributed by atoms with van der Waals surface area (Å²) in [6.07, 6.45) is 49.4. The monoisotopic (exact) mass is 1280 g/mol. The van der Waals surface area contributed by atoms with Crippen LogP contribution in [0.15, 0.2) is 24.3 Å². The van der Waals surface area contributed by atoms with Gasteiger partial charge in [0.1, 0.15) is 19.3 Å². The van der Waals surface area contributed by atoms with E-state index in [-0.39, 0.29) is 25.7 Å². The van der Waals surface area contributed by atoms with Crippen LogP contribution in [-0.4, -0.2) is 96.7 Å². The molecular weight excluding hydrogens is 1150 g/mol. The van der Waals surface area contributed by atoms with E-state index < -0.39 is 97.5 Å². The fourth-order valence-corrected chi connectivity index (χ4v) is 11.3. The lowest BCUT2D eigenvalue weighted by Crippen LogP contribution is -2.30. The van der Waals surface area contributed by atoms with Gasteiger partial charge in [0.05, 0.1) is 26.4 Å². The molecule has 0 amide bonds. The number of carbonyl (C=O) groups excluding carboxylic acids is 4. The molecule has 5 atom stereocenters. The van der Waals surface area contributed by atoms with E-state index in [0.717, 1.165) is 109 Å². The van der Waals surface area contributed by atoms with Crippen molar-refractivity contribution in [2.24, 2.45) is 5.92 Å². The molecule has 17 nitrogen and oxygen atoms in total. The van der Waals surface area contributed by atoms with Gasteiger partial charge in [0.15, 0.2) is 12.2 Å². The van der Waals surface area contributed by atoms with Gasteiger partial charge in [-0.15, -0.1) is 0 Å². The van der Waals surface area contributed by atoms with Crippen LogP contribution in [0.25, 0.3) is 0 Å². The molecule has 0 aliphatic heterocycles. The quantitative estimate of drug-likeness (QED) is 0.0169. The lowest BCUT2D eigenvalue weighted by atomic mass is 10.0. The highest BCUT2D eigenvalue weighted by Crippen LogP contribution is 2.45. The fraction of sp³-hybridized carbons (Fsp3) is 0.882. The Morgan fingerprint density at radius 2 is 0.621 bits per heavy atom. The van der Waals surface area contributed by atoms with Crippen molar-refractivity contribution in [3.63, 3.8) is 0 Å². The van der Waals surface area contributed by atoms with Gasteiger partial charge >= 0.3 is 39.5 Å². The van der Waals surface area contributed by atoms with E-state index >= 15 is 0 Å². The molecule has 0 aromatic heterocycles. The number of unbranched alkanes of at least 4 members (excludes halogenated alkanes) is 35. The van der Waals surface area contributed by atoms with Gasteiger partial charge in [0.25, 0.3) is 0 Å². The van der Waals surface area contributed by atoms with Gasteiger partial charge in [0, 0.05) is 25.7 Å². The van der Waals surface area contributed by atoms with E-state index in [4.69, 9.17) is 37.0 Å². The highest BCUT2D eigenvalue weighted by Gasteiger charge is 2.30. The topological polar surface area (TPSA) is 237 Å². The zero-order chi connectivity index (χ0) is 64.2. The average molecular weight is 1280 g/mol. The van der Waals surface area contributed by atoms with Gasteiger partial charge in [-0.05, 0) is 57.3 Å². The van der Waals surface area contributed by atoms with Gasteiger partial charge in [-0.1, -0.05) is 271 Å². The van der Waals surface area contributed by atoms with Crippen LogP contribution < -0.4 is 0 Å². The average Bonchev–Trinajstić information content (AvgIpc) is 3.54. The van der Waals surface area contributed by atoms with Crippen LogP contribution in [-0.2, 0) is 65.4 Å². The number of aliphatic hydroxyl groups excluding tert-OH is 1. The number of hydrogen-bond acceptors (Lipinski definition) is 15. The second kappa shape index (κ2) is 61.1. The number of rotatable bonds is 66. The van der Waals surface area contributed by atoms with Crippen molar-refractivity contribution in [3.8, 4) is 0 Å². The highest BCUT2D eigenvalue weighted by molar-refractivity contribution is 7.47. The number of aliphatic hydroxyl groups is 1. The number of allylic oxidation sites excluding steroid dienone is 4. The van der Waals surface area contributed by atoms with E-state index in [1.807, 2.05) is 0 Å². The minimum atomic E-state index is -4.96. The first-order chi connectivity index (χ1) is 42.0. The first-order valence-electron chi connectivity index (χ1n) is 35.0.